The third-order valence-corrected chi connectivity index (χ3v) is 2.82. The topological polar surface area (TPSA) is 21.3 Å². The van der Waals surface area contributed by atoms with Gasteiger partial charge in [-0.2, -0.15) is 11.8 Å². The third-order valence-electron chi connectivity index (χ3n) is 1.87. The molecular weight excluding hydrogens is 213 g/mol. The van der Waals surface area contributed by atoms with E-state index in [0.717, 1.165) is 24.7 Å². The summed E-state index contributed by atoms with van der Waals surface area (Å²) in [6.45, 7) is 1.54. The van der Waals surface area contributed by atoms with Crippen molar-refractivity contribution in [1.29, 1.82) is 0 Å². The number of halogens is 1. The summed E-state index contributed by atoms with van der Waals surface area (Å²) in [7, 11) is 1.69. The van der Waals surface area contributed by atoms with E-state index in [1.54, 1.807) is 31.0 Å². The molecular formula is C11H16FNOS. The standard InChI is InChI=1S/C11H16FNOS/c1-14-7-9-15-8-6-13-11-5-3-2-4-10(11)12/h2-5,13H,6-9H2,1H3. The van der Waals surface area contributed by atoms with Crippen molar-refractivity contribution < 1.29 is 9.13 Å². The lowest BCUT2D eigenvalue weighted by molar-refractivity contribution is 0.218. The second-order valence-electron chi connectivity index (χ2n) is 3.01. The molecule has 0 saturated heterocycles. The highest BCUT2D eigenvalue weighted by atomic mass is 32.2. The van der Waals surface area contributed by atoms with Gasteiger partial charge in [-0.1, -0.05) is 12.1 Å². The number of anilines is 1. The van der Waals surface area contributed by atoms with Gasteiger partial charge in [0.25, 0.3) is 0 Å². The van der Waals surface area contributed by atoms with Gasteiger partial charge in [-0.25, -0.2) is 4.39 Å². The second-order valence-corrected chi connectivity index (χ2v) is 4.24. The first-order valence-corrected chi connectivity index (χ1v) is 6.05. The molecule has 0 aliphatic heterocycles. The number of rotatable bonds is 7. The molecule has 0 bridgehead atoms. The fourth-order valence-corrected chi connectivity index (χ4v) is 1.84. The molecule has 0 heterocycles. The first-order chi connectivity index (χ1) is 7.34. The summed E-state index contributed by atoms with van der Waals surface area (Å²) in [6, 6.07) is 6.72. The van der Waals surface area contributed by atoms with Crippen LogP contribution in [0.25, 0.3) is 0 Å². The average molecular weight is 229 g/mol. The lowest BCUT2D eigenvalue weighted by Crippen LogP contribution is -2.06. The van der Waals surface area contributed by atoms with Crippen LogP contribution < -0.4 is 5.32 Å². The molecule has 0 aliphatic rings. The van der Waals surface area contributed by atoms with Crippen molar-refractivity contribution in [2.45, 2.75) is 0 Å². The van der Waals surface area contributed by atoms with Crippen LogP contribution in [0.15, 0.2) is 24.3 Å². The van der Waals surface area contributed by atoms with Crippen LogP contribution in [-0.4, -0.2) is 31.8 Å². The summed E-state index contributed by atoms with van der Waals surface area (Å²) in [6.07, 6.45) is 0. The molecule has 0 atom stereocenters. The quantitative estimate of drug-likeness (QED) is 0.726. The molecule has 1 aromatic rings. The van der Waals surface area contributed by atoms with Crippen LogP contribution in [0.2, 0.25) is 0 Å². The monoisotopic (exact) mass is 229 g/mol. The second kappa shape index (κ2) is 7.54. The fraction of sp³-hybridized carbons (Fsp3) is 0.455. The average Bonchev–Trinajstić information content (AvgIpc) is 2.25. The fourth-order valence-electron chi connectivity index (χ4n) is 1.11. The number of hydrogen-bond donors (Lipinski definition) is 1. The summed E-state index contributed by atoms with van der Waals surface area (Å²) in [4.78, 5) is 0. The van der Waals surface area contributed by atoms with Gasteiger partial charge in [0.05, 0.1) is 12.3 Å². The van der Waals surface area contributed by atoms with Crippen LogP contribution in [0.1, 0.15) is 0 Å². The Kier molecular flexibility index (Phi) is 6.20. The van der Waals surface area contributed by atoms with Gasteiger partial charge in [0.15, 0.2) is 0 Å². The third kappa shape index (κ3) is 5.04. The van der Waals surface area contributed by atoms with E-state index in [0.29, 0.717) is 5.69 Å². The van der Waals surface area contributed by atoms with Gasteiger partial charge in [0.1, 0.15) is 5.82 Å². The van der Waals surface area contributed by atoms with Gasteiger partial charge in [-0.05, 0) is 12.1 Å². The number of hydrogen-bond acceptors (Lipinski definition) is 3. The van der Waals surface area contributed by atoms with E-state index in [9.17, 15) is 4.39 Å². The maximum absolute atomic E-state index is 13.1. The number of para-hydroxylation sites is 1. The molecule has 0 unspecified atom stereocenters. The normalized spacial score (nSPS) is 10.3. The molecule has 0 aliphatic carbocycles. The summed E-state index contributed by atoms with van der Waals surface area (Å²) < 4.78 is 18.1. The lowest BCUT2D eigenvalue weighted by Gasteiger charge is -2.06. The maximum atomic E-state index is 13.1. The van der Waals surface area contributed by atoms with Crippen LogP contribution in [0.4, 0.5) is 10.1 Å². The van der Waals surface area contributed by atoms with Crippen LogP contribution in [0.3, 0.4) is 0 Å². The number of nitrogens with one attached hydrogen (secondary N) is 1. The molecule has 0 saturated carbocycles. The zero-order chi connectivity index (χ0) is 10.9. The van der Waals surface area contributed by atoms with Crippen molar-refractivity contribution in [3.63, 3.8) is 0 Å². The molecule has 4 heteroatoms. The van der Waals surface area contributed by atoms with Gasteiger partial charge < -0.3 is 10.1 Å². The molecule has 0 aromatic heterocycles. The number of methoxy groups -OCH3 is 1. The van der Waals surface area contributed by atoms with Crippen molar-refractivity contribution in [2.75, 3.05) is 37.1 Å². The molecule has 2 nitrogen and oxygen atoms in total. The first-order valence-electron chi connectivity index (χ1n) is 4.89. The molecule has 0 amide bonds. The summed E-state index contributed by atoms with van der Waals surface area (Å²) in [5, 5.41) is 3.05. The number of ether oxygens (including phenoxy) is 1. The Morgan fingerprint density at radius 2 is 2.13 bits per heavy atom. The van der Waals surface area contributed by atoms with Crippen molar-refractivity contribution in [3.8, 4) is 0 Å². The van der Waals surface area contributed by atoms with Gasteiger partial charge in [-0.3, -0.25) is 0 Å². The zero-order valence-corrected chi connectivity index (χ0v) is 9.65. The summed E-state index contributed by atoms with van der Waals surface area (Å²) >= 11 is 1.79. The Bertz CT molecular complexity index is 283. The Morgan fingerprint density at radius 3 is 2.87 bits per heavy atom. The van der Waals surface area contributed by atoms with E-state index in [4.69, 9.17) is 4.74 Å². The molecule has 0 fully saturated rings. The van der Waals surface area contributed by atoms with Gasteiger partial charge in [0.2, 0.25) is 0 Å². The van der Waals surface area contributed by atoms with Crippen LogP contribution in [-0.2, 0) is 4.74 Å². The van der Waals surface area contributed by atoms with Crippen molar-refractivity contribution >= 4 is 17.4 Å². The minimum absolute atomic E-state index is 0.195. The lowest BCUT2D eigenvalue weighted by atomic mass is 10.3. The van der Waals surface area contributed by atoms with Gasteiger partial charge >= 0.3 is 0 Å². The zero-order valence-electron chi connectivity index (χ0n) is 8.83. The van der Waals surface area contributed by atoms with Crippen molar-refractivity contribution in [2.24, 2.45) is 0 Å². The predicted molar refractivity (Wildman–Crippen MR) is 64.1 cm³/mol. The summed E-state index contributed by atoms with van der Waals surface area (Å²) in [5.41, 5.74) is 0.574. The van der Waals surface area contributed by atoms with Crippen molar-refractivity contribution in [1.82, 2.24) is 0 Å². The van der Waals surface area contributed by atoms with E-state index in [1.807, 2.05) is 6.07 Å². The Hall–Kier alpha value is -0.740. The van der Waals surface area contributed by atoms with E-state index < -0.39 is 0 Å². The van der Waals surface area contributed by atoms with Crippen LogP contribution in [0, 0.1) is 5.82 Å². The Labute approximate surface area is 94.2 Å². The molecule has 1 rings (SSSR count). The highest BCUT2D eigenvalue weighted by Gasteiger charge is 1.98. The maximum Gasteiger partial charge on any atom is 0.146 e. The smallest absolute Gasteiger partial charge is 0.146 e. The molecule has 1 N–H and O–H groups in total. The van der Waals surface area contributed by atoms with E-state index in [1.165, 1.54) is 6.07 Å². The van der Waals surface area contributed by atoms with Gasteiger partial charge in [-0.15, -0.1) is 0 Å². The minimum atomic E-state index is -0.195. The van der Waals surface area contributed by atoms with E-state index in [2.05, 4.69) is 5.32 Å². The van der Waals surface area contributed by atoms with Crippen LogP contribution in [0.5, 0.6) is 0 Å². The molecule has 1 aromatic carbocycles. The molecule has 15 heavy (non-hydrogen) atoms. The first kappa shape index (κ1) is 12.3. The van der Waals surface area contributed by atoms with Gasteiger partial charge in [0, 0.05) is 25.2 Å². The minimum Gasteiger partial charge on any atom is -0.384 e. The van der Waals surface area contributed by atoms with Crippen molar-refractivity contribution in [3.05, 3.63) is 30.1 Å². The highest BCUT2D eigenvalue weighted by Crippen LogP contribution is 2.12. The number of benzene rings is 1. The van der Waals surface area contributed by atoms with E-state index >= 15 is 0 Å². The predicted octanol–water partition coefficient (Wildman–Crippen LogP) is 2.62. The molecule has 0 radical (unpaired) electrons. The number of thioether (sulfide) groups is 1. The highest BCUT2D eigenvalue weighted by molar-refractivity contribution is 7.99. The SMILES string of the molecule is COCCSCCNc1ccccc1F. The summed E-state index contributed by atoms with van der Waals surface area (Å²) in [5.74, 6) is 1.74. The Balaban J connectivity index is 2.12. The Morgan fingerprint density at radius 1 is 1.33 bits per heavy atom. The van der Waals surface area contributed by atoms with Crippen LogP contribution >= 0.6 is 11.8 Å². The molecule has 0 spiro atoms. The van der Waals surface area contributed by atoms with E-state index in [-0.39, 0.29) is 5.82 Å². The largest absolute Gasteiger partial charge is 0.384 e. The molecule has 84 valence electrons.